The molecule has 108 valence electrons. The third-order valence-electron chi connectivity index (χ3n) is 3.21. The van der Waals surface area contributed by atoms with Gasteiger partial charge in [0.25, 0.3) is 0 Å². The Morgan fingerprint density at radius 3 is 2.71 bits per heavy atom. The lowest BCUT2D eigenvalue weighted by Gasteiger charge is -2.16. The fraction of sp³-hybridized carbons (Fsp3) is 0.200. The van der Waals surface area contributed by atoms with Crippen molar-refractivity contribution in [2.24, 2.45) is 5.84 Å². The van der Waals surface area contributed by atoms with E-state index in [2.05, 4.69) is 39.5 Å². The molecule has 3 rings (SSSR count). The Kier molecular flexibility index (Phi) is 4.10. The van der Waals surface area contributed by atoms with Crippen molar-refractivity contribution in [2.75, 3.05) is 12.5 Å². The van der Waals surface area contributed by atoms with E-state index < -0.39 is 0 Å². The van der Waals surface area contributed by atoms with Crippen molar-refractivity contribution in [1.82, 2.24) is 14.9 Å². The quantitative estimate of drug-likeness (QED) is 0.560. The highest BCUT2D eigenvalue weighted by atomic mass is 32.1. The number of anilines is 1. The topological polar surface area (TPSA) is 67.1 Å². The second kappa shape index (κ2) is 6.17. The van der Waals surface area contributed by atoms with Gasteiger partial charge in [-0.15, -0.1) is 11.3 Å². The van der Waals surface area contributed by atoms with E-state index in [1.54, 1.807) is 11.3 Å². The minimum atomic E-state index is 0.678. The number of nitrogens with zero attached hydrogens (tertiary/aromatic N) is 3. The molecule has 0 spiro atoms. The van der Waals surface area contributed by atoms with E-state index >= 15 is 0 Å². The smallest absolute Gasteiger partial charge is 0.152 e. The van der Waals surface area contributed by atoms with Crippen molar-refractivity contribution in [3.8, 4) is 0 Å². The van der Waals surface area contributed by atoms with Gasteiger partial charge in [-0.2, -0.15) is 0 Å². The zero-order valence-corrected chi connectivity index (χ0v) is 12.6. The van der Waals surface area contributed by atoms with Crippen LogP contribution in [0.25, 0.3) is 10.2 Å². The molecule has 21 heavy (non-hydrogen) atoms. The van der Waals surface area contributed by atoms with Crippen LogP contribution in [0, 0.1) is 0 Å². The van der Waals surface area contributed by atoms with Crippen LogP contribution in [0.3, 0.4) is 0 Å². The van der Waals surface area contributed by atoms with Gasteiger partial charge in [-0.3, -0.25) is 4.90 Å². The van der Waals surface area contributed by atoms with Gasteiger partial charge >= 0.3 is 0 Å². The molecule has 0 amide bonds. The van der Waals surface area contributed by atoms with Gasteiger partial charge in [0.05, 0.1) is 11.9 Å². The number of hydrogen-bond acceptors (Lipinski definition) is 6. The van der Waals surface area contributed by atoms with Crippen LogP contribution in [0.4, 0.5) is 5.82 Å². The third kappa shape index (κ3) is 3.18. The highest BCUT2D eigenvalue weighted by molar-refractivity contribution is 7.16. The van der Waals surface area contributed by atoms with Gasteiger partial charge in [-0.05, 0) is 24.1 Å². The average Bonchev–Trinajstić information content (AvgIpc) is 2.95. The molecule has 1 aromatic carbocycles. The van der Waals surface area contributed by atoms with Crippen LogP contribution in [0.2, 0.25) is 0 Å². The van der Waals surface area contributed by atoms with Gasteiger partial charge < -0.3 is 5.43 Å². The molecule has 2 heterocycles. The van der Waals surface area contributed by atoms with E-state index in [1.165, 1.54) is 5.56 Å². The van der Waals surface area contributed by atoms with Crippen LogP contribution in [0.1, 0.15) is 11.4 Å². The Morgan fingerprint density at radius 1 is 1.14 bits per heavy atom. The summed E-state index contributed by atoms with van der Waals surface area (Å²) in [4.78, 5) is 12.2. The van der Waals surface area contributed by atoms with Crippen LogP contribution in [-0.2, 0) is 13.1 Å². The summed E-state index contributed by atoms with van der Waals surface area (Å²) in [6.45, 7) is 1.54. The summed E-state index contributed by atoms with van der Waals surface area (Å²) in [6.07, 6.45) is 0. The maximum absolute atomic E-state index is 5.55. The zero-order valence-electron chi connectivity index (χ0n) is 11.8. The van der Waals surface area contributed by atoms with Gasteiger partial charge in [0.2, 0.25) is 0 Å². The van der Waals surface area contributed by atoms with E-state index in [0.29, 0.717) is 12.4 Å². The second-order valence-electron chi connectivity index (χ2n) is 4.93. The van der Waals surface area contributed by atoms with Crippen molar-refractivity contribution in [3.63, 3.8) is 0 Å². The van der Waals surface area contributed by atoms with Gasteiger partial charge in [-0.1, -0.05) is 30.3 Å². The third-order valence-corrected chi connectivity index (χ3v) is 4.02. The van der Waals surface area contributed by atoms with Crippen LogP contribution in [0.5, 0.6) is 0 Å². The molecule has 0 saturated heterocycles. The van der Waals surface area contributed by atoms with Crippen LogP contribution in [-0.4, -0.2) is 21.9 Å². The molecule has 3 aromatic rings. The fourth-order valence-corrected chi connectivity index (χ4v) is 3.06. The lowest BCUT2D eigenvalue weighted by Crippen LogP contribution is -2.20. The summed E-state index contributed by atoms with van der Waals surface area (Å²) < 4.78 is 0. The second-order valence-corrected chi connectivity index (χ2v) is 5.82. The Balaban J connectivity index is 1.78. The van der Waals surface area contributed by atoms with Crippen molar-refractivity contribution >= 4 is 27.4 Å². The van der Waals surface area contributed by atoms with Gasteiger partial charge in [0.15, 0.2) is 5.82 Å². The van der Waals surface area contributed by atoms with Crippen LogP contribution < -0.4 is 11.3 Å². The standard InChI is InChI=1S/C15H17N5S/c1-20(9-11-5-3-2-4-6-11)10-13-17-14(19-16)12-7-8-21-15(12)18-13/h2-8H,9-10,16H2,1H3,(H,17,18,19). The number of fused-ring (bicyclic) bond motifs is 1. The molecule has 0 aliphatic heterocycles. The van der Waals surface area contributed by atoms with Crippen molar-refractivity contribution in [3.05, 3.63) is 53.2 Å². The molecular weight excluding hydrogens is 282 g/mol. The van der Waals surface area contributed by atoms with E-state index in [4.69, 9.17) is 5.84 Å². The van der Waals surface area contributed by atoms with Crippen molar-refractivity contribution in [2.45, 2.75) is 13.1 Å². The Bertz CT molecular complexity index is 725. The molecule has 0 unspecified atom stereocenters. The number of thiophene rings is 1. The van der Waals surface area contributed by atoms with Gasteiger partial charge in [-0.25, -0.2) is 15.8 Å². The zero-order chi connectivity index (χ0) is 14.7. The summed E-state index contributed by atoms with van der Waals surface area (Å²) in [5, 5.41) is 2.97. The first-order valence-electron chi connectivity index (χ1n) is 6.69. The molecule has 6 heteroatoms. The van der Waals surface area contributed by atoms with Crippen molar-refractivity contribution < 1.29 is 0 Å². The summed E-state index contributed by atoms with van der Waals surface area (Å²) in [5.74, 6) is 7.01. The summed E-state index contributed by atoms with van der Waals surface area (Å²) in [6, 6.07) is 12.3. The normalized spacial score (nSPS) is 11.2. The number of hydrazine groups is 1. The minimum absolute atomic E-state index is 0.678. The highest BCUT2D eigenvalue weighted by Gasteiger charge is 2.10. The predicted molar refractivity (Wildman–Crippen MR) is 86.8 cm³/mol. The highest BCUT2D eigenvalue weighted by Crippen LogP contribution is 2.24. The molecule has 0 bridgehead atoms. The summed E-state index contributed by atoms with van der Waals surface area (Å²) in [7, 11) is 2.06. The first-order valence-corrected chi connectivity index (χ1v) is 7.57. The predicted octanol–water partition coefficient (Wildman–Crippen LogP) is 2.61. The van der Waals surface area contributed by atoms with Crippen LogP contribution >= 0.6 is 11.3 Å². The Hall–Kier alpha value is -2.02. The lowest BCUT2D eigenvalue weighted by atomic mass is 10.2. The molecule has 3 N–H and O–H groups in total. The molecule has 0 fully saturated rings. The molecule has 0 atom stereocenters. The number of benzene rings is 1. The number of nitrogens with two attached hydrogens (primary N) is 1. The number of rotatable bonds is 5. The number of nitrogens with one attached hydrogen (secondary N) is 1. The number of aromatic nitrogens is 2. The van der Waals surface area contributed by atoms with Gasteiger partial charge in [0, 0.05) is 6.54 Å². The first kappa shape index (κ1) is 13.9. The molecule has 0 saturated carbocycles. The average molecular weight is 299 g/mol. The molecular formula is C15H17N5S. The van der Waals surface area contributed by atoms with Gasteiger partial charge in [0.1, 0.15) is 10.7 Å². The minimum Gasteiger partial charge on any atom is -0.308 e. The molecule has 0 aliphatic carbocycles. The van der Waals surface area contributed by atoms with E-state index in [1.807, 2.05) is 29.6 Å². The largest absolute Gasteiger partial charge is 0.308 e. The maximum atomic E-state index is 5.55. The number of nitrogen functional groups attached to an aromatic ring is 1. The summed E-state index contributed by atoms with van der Waals surface area (Å²) in [5.41, 5.74) is 3.93. The van der Waals surface area contributed by atoms with E-state index in [-0.39, 0.29) is 0 Å². The monoisotopic (exact) mass is 299 g/mol. The van der Waals surface area contributed by atoms with Crippen molar-refractivity contribution in [1.29, 1.82) is 0 Å². The SMILES string of the molecule is CN(Cc1ccccc1)Cc1nc(NN)c2ccsc2n1. The lowest BCUT2D eigenvalue weighted by molar-refractivity contribution is 0.311. The molecule has 0 aliphatic rings. The maximum Gasteiger partial charge on any atom is 0.152 e. The molecule has 2 aromatic heterocycles. The Labute approximate surface area is 127 Å². The van der Waals surface area contributed by atoms with E-state index in [9.17, 15) is 0 Å². The number of hydrogen-bond donors (Lipinski definition) is 2. The molecule has 0 radical (unpaired) electrons. The van der Waals surface area contributed by atoms with Crippen LogP contribution in [0.15, 0.2) is 41.8 Å². The fourth-order valence-electron chi connectivity index (χ4n) is 2.27. The summed E-state index contributed by atoms with van der Waals surface area (Å²) >= 11 is 1.60. The molecule has 5 nitrogen and oxygen atoms in total. The first-order chi connectivity index (χ1) is 10.3. The van der Waals surface area contributed by atoms with E-state index in [0.717, 1.165) is 22.6 Å². The Morgan fingerprint density at radius 2 is 1.95 bits per heavy atom.